The molecule has 0 unspecified atom stereocenters. The van der Waals surface area contributed by atoms with E-state index in [1.165, 1.54) is 12.8 Å². The quantitative estimate of drug-likeness (QED) is 0.689. The molecule has 0 aromatic carbocycles. The average molecular weight is 364 g/mol. The molecule has 26 heavy (non-hydrogen) atoms. The molecule has 8 heteroatoms. The molecule has 0 radical (unpaired) electrons. The third kappa shape index (κ3) is 5.23. The van der Waals surface area contributed by atoms with E-state index in [9.17, 15) is 4.79 Å². The van der Waals surface area contributed by atoms with Crippen LogP contribution in [0.15, 0.2) is 0 Å². The number of nitrogens with zero attached hydrogens (tertiary/aromatic N) is 6. The first-order chi connectivity index (χ1) is 12.7. The largest absolute Gasteiger partial charge is 0.384 e. The van der Waals surface area contributed by atoms with Crippen LogP contribution in [0, 0.1) is 11.8 Å². The van der Waals surface area contributed by atoms with Crippen molar-refractivity contribution in [1.29, 1.82) is 0 Å². The molecule has 1 aromatic rings. The first kappa shape index (κ1) is 19.2. The van der Waals surface area contributed by atoms with Gasteiger partial charge in [-0.15, -0.1) is 5.10 Å². The van der Waals surface area contributed by atoms with Gasteiger partial charge in [-0.2, -0.15) is 0 Å². The second-order valence-electron chi connectivity index (χ2n) is 7.83. The molecule has 1 aromatic heterocycles. The van der Waals surface area contributed by atoms with Gasteiger partial charge in [-0.3, -0.25) is 9.69 Å². The van der Waals surface area contributed by atoms with Crippen LogP contribution < -0.4 is 0 Å². The summed E-state index contributed by atoms with van der Waals surface area (Å²) in [5.41, 5.74) is 0. The van der Waals surface area contributed by atoms with Gasteiger partial charge >= 0.3 is 0 Å². The second-order valence-corrected chi connectivity index (χ2v) is 7.83. The molecule has 0 bridgehead atoms. The molecule has 1 atom stereocenters. The highest BCUT2D eigenvalue weighted by Gasteiger charge is 2.25. The maximum atomic E-state index is 12.4. The molecule has 8 nitrogen and oxygen atoms in total. The molecule has 0 saturated carbocycles. The van der Waals surface area contributed by atoms with Crippen molar-refractivity contribution in [3.63, 3.8) is 0 Å². The van der Waals surface area contributed by atoms with Gasteiger partial charge in [0.15, 0.2) is 5.82 Å². The van der Waals surface area contributed by atoms with Gasteiger partial charge in [0.25, 0.3) is 0 Å². The molecule has 2 fully saturated rings. The van der Waals surface area contributed by atoms with Crippen molar-refractivity contribution in [3.05, 3.63) is 5.82 Å². The number of carbonyl (C=O) groups is 1. The van der Waals surface area contributed by atoms with Crippen LogP contribution in [0.1, 0.15) is 44.9 Å². The Kier molecular flexibility index (Phi) is 6.96. The first-order valence-electron chi connectivity index (χ1n) is 9.89. The average Bonchev–Trinajstić information content (AvgIpc) is 3.27. The van der Waals surface area contributed by atoms with Crippen molar-refractivity contribution in [2.24, 2.45) is 11.8 Å². The van der Waals surface area contributed by atoms with E-state index in [1.54, 1.807) is 7.11 Å². The van der Waals surface area contributed by atoms with E-state index in [1.807, 2.05) is 9.58 Å². The molecule has 146 valence electrons. The van der Waals surface area contributed by atoms with Crippen LogP contribution in [0.25, 0.3) is 0 Å². The molecule has 0 spiro atoms. The Morgan fingerprint density at radius 2 is 2.04 bits per heavy atom. The maximum absolute atomic E-state index is 12.4. The van der Waals surface area contributed by atoms with Crippen LogP contribution in [0.5, 0.6) is 0 Å². The van der Waals surface area contributed by atoms with Crippen LogP contribution in [-0.4, -0.2) is 75.8 Å². The Bertz CT molecular complexity index is 570. The van der Waals surface area contributed by atoms with Crippen LogP contribution in [0.3, 0.4) is 0 Å². The lowest BCUT2D eigenvalue weighted by Crippen LogP contribution is -2.33. The number of carbonyl (C=O) groups excluding carboxylic acids is 1. The fourth-order valence-corrected chi connectivity index (χ4v) is 3.90. The predicted octanol–water partition coefficient (Wildman–Crippen LogP) is 1.18. The number of likely N-dealkylation sites (tertiary alicyclic amines) is 2. The summed E-state index contributed by atoms with van der Waals surface area (Å²) in [6, 6.07) is 0. The van der Waals surface area contributed by atoms with Gasteiger partial charge in [0, 0.05) is 39.1 Å². The van der Waals surface area contributed by atoms with E-state index < -0.39 is 0 Å². The summed E-state index contributed by atoms with van der Waals surface area (Å²) in [6.45, 7) is 8.48. The van der Waals surface area contributed by atoms with Gasteiger partial charge in [0.1, 0.15) is 0 Å². The molecule has 1 amide bonds. The number of rotatable bonds is 8. The van der Waals surface area contributed by atoms with E-state index in [-0.39, 0.29) is 5.91 Å². The zero-order valence-corrected chi connectivity index (χ0v) is 16.1. The molecule has 2 saturated heterocycles. The van der Waals surface area contributed by atoms with Gasteiger partial charge in [0.2, 0.25) is 5.91 Å². The second kappa shape index (κ2) is 9.41. The zero-order chi connectivity index (χ0) is 18.4. The topological polar surface area (TPSA) is 76.4 Å². The van der Waals surface area contributed by atoms with Crippen LogP contribution in [-0.2, 0) is 22.6 Å². The summed E-state index contributed by atoms with van der Waals surface area (Å²) in [5, 5.41) is 12.1. The third-order valence-corrected chi connectivity index (χ3v) is 5.65. The lowest BCUT2D eigenvalue weighted by molar-refractivity contribution is -0.130. The molecular formula is C18H32N6O2. The van der Waals surface area contributed by atoms with Crippen molar-refractivity contribution in [2.75, 3.05) is 39.9 Å². The number of ether oxygens (including phenoxy) is 1. The normalized spacial score (nSPS) is 22.2. The van der Waals surface area contributed by atoms with Crippen LogP contribution >= 0.6 is 0 Å². The number of hydrogen-bond acceptors (Lipinski definition) is 6. The molecule has 0 N–H and O–H groups in total. The summed E-state index contributed by atoms with van der Waals surface area (Å²) in [6.07, 6.45) is 4.87. The number of methoxy groups -OCH3 is 1. The highest BCUT2D eigenvalue weighted by atomic mass is 16.5. The monoisotopic (exact) mass is 364 g/mol. The Balaban J connectivity index is 1.40. The number of tetrazole rings is 1. The lowest BCUT2D eigenvalue weighted by atomic mass is 9.99. The van der Waals surface area contributed by atoms with E-state index in [2.05, 4.69) is 27.3 Å². The van der Waals surface area contributed by atoms with Gasteiger partial charge < -0.3 is 9.64 Å². The van der Waals surface area contributed by atoms with Crippen molar-refractivity contribution >= 4 is 5.91 Å². The number of amides is 1. The minimum atomic E-state index is 0.239. The fourth-order valence-electron chi connectivity index (χ4n) is 3.90. The Hall–Kier alpha value is -1.54. The fraction of sp³-hybridized carbons (Fsp3) is 0.889. The van der Waals surface area contributed by atoms with E-state index >= 15 is 0 Å². The number of aryl methyl sites for hydroxylation is 1. The van der Waals surface area contributed by atoms with Crippen molar-refractivity contribution < 1.29 is 9.53 Å². The number of piperidine rings is 1. The predicted molar refractivity (Wildman–Crippen MR) is 97.3 cm³/mol. The Morgan fingerprint density at radius 3 is 2.81 bits per heavy atom. The standard InChI is InChI=1S/C18H32N6O2/c1-15-5-9-22(10-6-15)13-17-19-20-21-24(17)8-3-4-18(25)23-11-7-16(12-23)14-26-2/h15-16H,3-14H2,1-2H3/t16-/m1/s1. The number of aromatic nitrogens is 4. The van der Waals surface area contributed by atoms with Crippen LogP contribution in [0.4, 0.5) is 0 Å². The highest BCUT2D eigenvalue weighted by Crippen LogP contribution is 2.19. The summed E-state index contributed by atoms with van der Waals surface area (Å²) < 4.78 is 7.06. The third-order valence-electron chi connectivity index (χ3n) is 5.65. The van der Waals surface area contributed by atoms with Crippen molar-refractivity contribution in [1.82, 2.24) is 30.0 Å². The smallest absolute Gasteiger partial charge is 0.222 e. The first-order valence-corrected chi connectivity index (χ1v) is 9.89. The lowest BCUT2D eigenvalue weighted by Gasteiger charge is -2.29. The maximum Gasteiger partial charge on any atom is 0.222 e. The summed E-state index contributed by atoms with van der Waals surface area (Å²) in [4.78, 5) is 16.8. The Labute approximate surface area is 155 Å². The van der Waals surface area contributed by atoms with E-state index in [4.69, 9.17) is 4.74 Å². The summed E-state index contributed by atoms with van der Waals surface area (Å²) >= 11 is 0. The minimum Gasteiger partial charge on any atom is -0.384 e. The summed E-state index contributed by atoms with van der Waals surface area (Å²) in [5.74, 6) is 2.46. The molecule has 2 aliphatic rings. The zero-order valence-electron chi connectivity index (χ0n) is 16.1. The molecule has 0 aliphatic carbocycles. The molecule has 3 rings (SSSR count). The minimum absolute atomic E-state index is 0.239. The van der Waals surface area contributed by atoms with E-state index in [0.717, 1.165) is 63.9 Å². The van der Waals surface area contributed by atoms with Gasteiger partial charge in [0.05, 0.1) is 13.2 Å². The van der Waals surface area contributed by atoms with Crippen molar-refractivity contribution in [3.8, 4) is 0 Å². The SMILES string of the molecule is COC[C@@H]1CCN(C(=O)CCCn2nnnc2CN2CCC(C)CC2)C1. The van der Waals surface area contributed by atoms with Crippen LogP contribution in [0.2, 0.25) is 0 Å². The number of hydrogen-bond donors (Lipinski definition) is 0. The molecule has 2 aliphatic heterocycles. The van der Waals surface area contributed by atoms with Gasteiger partial charge in [-0.05, 0) is 55.1 Å². The summed E-state index contributed by atoms with van der Waals surface area (Å²) in [7, 11) is 1.72. The highest BCUT2D eigenvalue weighted by molar-refractivity contribution is 5.76. The molecular weight excluding hydrogens is 332 g/mol. The van der Waals surface area contributed by atoms with Crippen molar-refractivity contribution in [2.45, 2.75) is 52.1 Å². The van der Waals surface area contributed by atoms with Gasteiger partial charge in [-0.1, -0.05) is 6.92 Å². The molecule has 3 heterocycles. The Morgan fingerprint density at radius 1 is 1.23 bits per heavy atom. The van der Waals surface area contributed by atoms with E-state index in [0.29, 0.717) is 18.9 Å². The van der Waals surface area contributed by atoms with Gasteiger partial charge in [-0.25, -0.2) is 4.68 Å².